The fourth-order valence-electron chi connectivity index (χ4n) is 1.74. The van der Waals surface area contributed by atoms with Crippen LogP contribution >= 0.6 is 0 Å². The molecule has 0 aliphatic carbocycles. The second-order valence-corrected chi connectivity index (χ2v) is 3.91. The normalized spacial score (nSPS) is 10.2. The number of benzene rings is 2. The highest BCUT2D eigenvalue weighted by molar-refractivity contribution is 5.70. The van der Waals surface area contributed by atoms with Crippen LogP contribution in [0.5, 0.6) is 5.75 Å². The maximum absolute atomic E-state index is 5.80. The lowest BCUT2D eigenvalue weighted by molar-refractivity contribution is -0.627. The summed E-state index contributed by atoms with van der Waals surface area (Å²) in [6.07, 6.45) is 0. The minimum Gasteiger partial charge on any atom is -0.487 e. The van der Waals surface area contributed by atoms with Gasteiger partial charge in [-0.15, -0.1) is 0 Å². The van der Waals surface area contributed by atoms with Gasteiger partial charge in [-0.2, -0.15) is 0 Å². The zero-order chi connectivity index (χ0) is 11.9. The lowest BCUT2D eigenvalue weighted by Gasteiger charge is -2.10. The Hall–Kier alpha value is -1.80. The van der Waals surface area contributed by atoms with Crippen LogP contribution < -0.4 is 10.1 Å². The van der Waals surface area contributed by atoms with Gasteiger partial charge in [0.25, 0.3) is 0 Å². The highest BCUT2D eigenvalue weighted by Crippen LogP contribution is 2.29. The van der Waals surface area contributed by atoms with Gasteiger partial charge in [0, 0.05) is 5.56 Å². The van der Waals surface area contributed by atoms with Gasteiger partial charge < -0.3 is 10.1 Å². The van der Waals surface area contributed by atoms with Crippen molar-refractivity contribution in [1.82, 2.24) is 0 Å². The van der Waals surface area contributed by atoms with Crippen LogP contribution in [0.15, 0.2) is 54.6 Å². The zero-order valence-corrected chi connectivity index (χ0v) is 10.1. The van der Waals surface area contributed by atoms with Crippen molar-refractivity contribution in [3.63, 3.8) is 0 Å². The van der Waals surface area contributed by atoms with E-state index in [0.717, 1.165) is 24.5 Å². The largest absolute Gasteiger partial charge is 0.487 e. The summed E-state index contributed by atoms with van der Waals surface area (Å²) in [5, 5.41) is 2.12. The Morgan fingerprint density at radius 2 is 1.65 bits per heavy atom. The van der Waals surface area contributed by atoms with Crippen molar-refractivity contribution in [2.75, 3.05) is 20.2 Å². The summed E-state index contributed by atoms with van der Waals surface area (Å²) in [5.41, 5.74) is 2.35. The molecule has 0 spiro atoms. The molecule has 0 aliphatic rings. The van der Waals surface area contributed by atoms with E-state index >= 15 is 0 Å². The van der Waals surface area contributed by atoms with E-state index in [9.17, 15) is 0 Å². The number of quaternary nitrogens is 1. The molecular weight excluding hydrogens is 210 g/mol. The van der Waals surface area contributed by atoms with E-state index < -0.39 is 0 Å². The number of hydrogen-bond donors (Lipinski definition) is 1. The molecule has 0 amide bonds. The summed E-state index contributed by atoms with van der Waals surface area (Å²) in [6.45, 7) is 1.71. The quantitative estimate of drug-likeness (QED) is 0.777. The van der Waals surface area contributed by atoms with Crippen LogP contribution in [0.25, 0.3) is 11.1 Å². The molecule has 0 unspecified atom stereocenters. The fraction of sp³-hybridized carbons (Fsp3) is 0.200. The molecule has 2 nitrogen and oxygen atoms in total. The zero-order valence-electron chi connectivity index (χ0n) is 10.1. The molecule has 0 heterocycles. The minimum atomic E-state index is 0.736. The molecule has 88 valence electrons. The highest BCUT2D eigenvalue weighted by atomic mass is 16.5. The molecule has 0 saturated carbocycles. The number of likely N-dealkylation sites (N-methyl/N-ethyl adjacent to an activating group) is 1. The van der Waals surface area contributed by atoms with Gasteiger partial charge in [-0.05, 0) is 11.6 Å². The molecule has 0 saturated heterocycles. The predicted octanol–water partition coefficient (Wildman–Crippen LogP) is 1.93. The molecule has 2 N–H and O–H groups in total. The molecular formula is C15H18NO+. The van der Waals surface area contributed by atoms with E-state index in [1.54, 1.807) is 0 Å². The summed E-state index contributed by atoms with van der Waals surface area (Å²) in [5.74, 6) is 0.959. The molecule has 17 heavy (non-hydrogen) atoms. The molecule has 0 atom stereocenters. The average molecular weight is 228 g/mol. The summed E-state index contributed by atoms with van der Waals surface area (Å²) in [7, 11) is 2.05. The van der Waals surface area contributed by atoms with Crippen molar-refractivity contribution < 1.29 is 10.1 Å². The van der Waals surface area contributed by atoms with Crippen LogP contribution in [0.3, 0.4) is 0 Å². The number of nitrogens with two attached hydrogens (primary N) is 1. The maximum atomic E-state index is 5.80. The Balaban J connectivity index is 2.22. The Bertz CT molecular complexity index is 453. The predicted molar refractivity (Wildman–Crippen MR) is 70.1 cm³/mol. The van der Waals surface area contributed by atoms with E-state index in [1.807, 2.05) is 43.4 Å². The third kappa shape index (κ3) is 3.08. The van der Waals surface area contributed by atoms with Crippen molar-refractivity contribution >= 4 is 0 Å². The van der Waals surface area contributed by atoms with Crippen LogP contribution in [0.1, 0.15) is 0 Å². The topological polar surface area (TPSA) is 25.8 Å². The van der Waals surface area contributed by atoms with Crippen molar-refractivity contribution in [3.8, 4) is 16.9 Å². The first-order chi connectivity index (χ1) is 8.42. The number of rotatable bonds is 5. The Kier molecular flexibility index (Phi) is 4.17. The standard InChI is InChI=1S/C15H17NO/c1-16-11-12-17-15-10-6-5-9-14(15)13-7-3-2-4-8-13/h2-10,16H,11-12H2,1H3/p+1. The van der Waals surface area contributed by atoms with Crippen molar-refractivity contribution in [1.29, 1.82) is 0 Å². The lowest BCUT2D eigenvalue weighted by atomic mass is 10.1. The maximum Gasteiger partial charge on any atom is 0.137 e. The molecule has 0 fully saturated rings. The molecule has 2 rings (SSSR count). The summed E-state index contributed by atoms with van der Waals surface area (Å²) in [6, 6.07) is 18.5. The summed E-state index contributed by atoms with van der Waals surface area (Å²) < 4.78 is 5.80. The molecule has 2 heteroatoms. The van der Waals surface area contributed by atoms with Crippen molar-refractivity contribution in [3.05, 3.63) is 54.6 Å². The van der Waals surface area contributed by atoms with Crippen LogP contribution in [-0.2, 0) is 0 Å². The fourth-order valence-corrected chi connectivity index (χ4v) is 1.74. The van der Waals surface area contributed by atoms with E-state index in [1.165, 1.54) is 5.56 Å². The highest BCUT2D eigenvalue weighted by Gasteiger charge is 2.04. The summed E-state index contributed by atoms with van der Waals surface area (Å²) >= 11 is 0. The number of ether oxygens (including phenoxy) is 1. The van der Waals surface area contributed by atoms with E-state index in [0.29, 0.717) is 0 Å². The first-order valence-electron chi connectivity index (χ1n) is 5.97. The smallest absolute Gasteiger partial charge is 0.137 e. The summed E-state index contributed by atoms with van der Waals surface area (Å²) in [4.78, 5) is 0. The molecule has 0 radical (unpaired) electrons. The monoisotopic (exact) mass is 228 g/mol. The van der Waals surface area contributed by atoms with Crippen molar-refractivity contribution in [2.24, 2.45) is 0 Å². The number of para-hydroxylation sites is 1. The average Bonchev–Trinajstić information content (AvgIpc) is 2.41. The van der Waals surface area contributed by atoms with Gasteiger partial charge in [0.05, 0.1) is 7.05 Å². The van der Waals surface area contributed by atoms with E-state index in [2.05, 4.69) is 23.5 Å². The molecule has 0 aromatic heterocycles. The van der Waals surface area contributed by atoms with Gasteiger partial charge in [-0.25, -0.2) is 0 Å². The SMILES string of the molecule is C[NH2+]CCOc1ccccc1-c1ccccc1. The molecule has 0 aliphatic heterocycles. The van der Waals surface area contributed by atoms with E-state index in [-0.39, 0.29) is 0 Å². The first-order valence-corrected chi connectivity index (χ1v) is 5.97. The second kappa shape index (κ2) is 6.06. The minimum absolute atomic E-state index is 0.736. The third-order valence-electron chi connectivity index (χ3n) is 2.64. The van der Waals surface area contributed by atoms with Crippen LogP contribution in [-0.4, -0.2) is 20.2 Å². The van der Waals surface area contributed by atoms with Crippen molar-refractivity contribution in [2.45, 2.75) is 0 Å². The molecule has 2 aromatic carbocycles. The number of hydrogen-bond acceptors (Lipinski definition) is 1. The van der Waals surface area contributed by atoms with E-state index in [4.69, 9.17) is 4.74 Å². The van der Waals surface area contributed by atoms with Gasteiger partial charge >= 0.3 is 0 Å². The lowest BCUT2D eigenvalue weighted by Crippen LogP contribution is -2.80. The van der Waals surface area contributed by atoms with Crippen LogP contribution in [0, 0.1) is 0 Å². The Morgan fingerprint density at radius 3 is 2.41 bits per heavy atom. The Morgan fingerprint density at radius 1 is 0.941 bits per heavy atom. The van der Waals surface area contributed by atoms with Gasteiger partial charge in [0.1, 0.15) is 18.9 Å². The second-order valence-electron chi connectivity index (χ2n) is 3.91. The van der Waals surface area contributed by atoms with Gasteiger partial charge in [-0.3, -0.25) is 0 Å². The third-order valence-corrected chi connectivity index (χ3v) is 2.64. The molecule has 2 aromatic rings. The Labute approximate surface area is 102 Å². The first kappa shape index (κ1) is 11.7. The van der Waals surface area contributed by atoms with Gasteiger partial charge in [0.2, 0.25) is 0 Å². The molecule has 0 bridgehead atoms. The van der Waals surface area contributed by atoms with Gasteiger partial charge in [-0.1, -0.05) is 48.5 Å². The van der Waals surface area contributed by atoms with Crippen LogP contribution in [0.4, 0.5) is 0 Å². The van der Waals surface area contributed by atoms with Gasteiger partial charge in [0.15, 0.2) is 0 Å². The van der Waals surface area contributed by atoms with Crippen LogP contribution in [0.2, 0.25) is 0 Å².